The van der Waals surface area contributed by atoms with Gasteiger partial charge in [-0.05, 0) is 27.2 Å². The Morgan fingerprint density at radius 2 is 1.75 bits per heavy atom. The molecule has 0 aromatic rings. The van der Waals surface area contributed by atoms with E-state index in [1.165, 1.54) is 14.2 Å². The molecule has 5 heteroatoms. The summed E-state index contributed by atoms with van der Waals surface area (Å²) in [5.41, 5.74) is 5.34. The molecule has 0 saturated heterocycles. The number of rotatable bonds is 6. The molecule has 0 saturated carbocycles. The average Bonchev–Trinajstić information content (AvgIpc) is 2.14. The molecule has 16 heavy (non-hydrogen) atoms. The molecule has 0 aliphatic rings. The van der Waals surface area contributed by atoms with Gasteiger partial charge in [0.2, 0.25) is 0 Å². The van der Waals surface area contributed by atoms with Crippen LogP contribution in [-0.4, -0.2) is 38.1 Å². The number of methoxy groups -OCH3 is 2. The molecule has 0 radical (unpaired) electrons. The second-order valence-electron chi connectivity index (χ2n) is 4.63. The fourth-order valence-corrected chi connectivity index (χ4v) is 1.26. The Balaban J connectivity index is 3.92. The van der Waals surface area contributed by atoms with Gasteiger partial charge in [-0.15, -0.1) is 0 Å². The number of carbonyl (C=O) groups is 1. The number of hydrogen-bond donors (Lipinski definition) is 1. The molecule has 1 atom stereocenters. The summed E-state index contributed by atoms with van der Waals surface area (Å²) in [5.74, 6) is -0.256. The molecule has 0 fully saturated rings. The lowest BCUT2D eigenvalue weighted by molar-refractivity contribution is -0.156. The maximum Gasteiger partial charge on any atom is 0.306 e. The highest BCUT2D eigenvalue weighted by atomic mass is 16.7. The van der Waals surface area contributed by atoms with E-state index in [4.69, 9.17) is 19.9 Å². The summed E-state index contributed by atoms with van der Waals surface area (Å²) >= 11 is 0. The minimum atomic E-state index is -0.484. The SMILES string of the molecule is COC(OC)[C@@H](N)CCC(=O)OC(C)(C)C. The van der Waals surface area contributed by atoms with Crippen LogP contribution in [0.1, 0.15) is 33.6 Å². The fourth-order valence-electron chi connectivity index (χ4n) is 1.26. The Kier molecular flexibility index (Phi) is 6.55. The van der Waals surface area contributed by atoms with E-state index in [1.54, 1.807) is 0 Å². The van der Waals surface area contributed by atoms with Crippen molar-refractivity contribution in [3.63, 3.8) is 0 Å². The molecular formula is C11H23NO4. The first-order valence-electron chi connectivity index (χ1n) is 5.33. The normalized spacial score (nSPS) is 13.9. The zero-order valence-corrected chi connectivity index (χ0v) is 10.8. The van der Waals surface area contributed by atoms with Crippen molar-refractivity contribution in [2.45, 2.75) is 51.5 Å². The standard InChI is InChI=1S/C11H23NO4/c1-11(2,3)16-9(13)7-6-8(12)10(14-4)15-5/h8,10H,6-7,12H2,1-5H3/t8-/m0/s1. The van der Waals surface area contributed by atoms with Crippen LogP contribution >= 0.6 is 0 Å². The first kappa shape index (κ1) is 15.3. The Bertz CT molecular complexity index is 209. The maximum absolute atomic E-state index is 11.4. The van der Waals surface area contributed by atoms with Gasteiger partial charge in [0.05, 0.1) is 6.04 Å². The zero-order valence-electron chi connectivity index (χ0n) is 10.8. The number of esters is 1. The highest BCUT2D eigenvalue weighted by Gasteiger charge is 2.20. The molecule has 96 valence electrons. The van der Waals surface area contributed by atoms with Crippen molar-refractivity contribution in [1.29, 1.82) is 0 Å². The summed E-state index contributed by atoms with van der Waals surface area (Å²) in [6, 6.07) is -0.331. The molecule has 0 bridgehead atoms. The number of hydrogen-bond acceptors (Lipinski definition) is 5. The van der Waals surface area contributed by atoms with Crippen LogP contribution in [0.25, 0.3) is 0 Å². The number of ether oxygens (including phenoxy) is 3. The minimum Gasteiger partial charge on any atom is -0.460 e. The lowest BCUT2D eigenvalue weighted by Gasteiger charge is -2.22. The molecular weight excluding hydrogens is 210 g/mol. The van der Waals surface area contributed by atoms with E-state index >= 15 is 0 Å². The van der Waals surface area contributed by atoms with Gasteiger partial charge in [0.15, 0.2) is 6.29 Å². The van der Waals surface area contributed by atoms with Gasteiger partial charge in [-0.3, -0.25) is 4.79 Å². The summed E-state index contributed by atoms with van der Waals surface area (Å²) in [7, 11) is 3.03. The van der Waals surface area contributed by atoms with Gasteiger partial charge >= 0.3 is 5.97 Å². The van der Waals surface area contributed by atoms with E-state index in [0.717, 1.165) is 0 Å². The predicted molar refractivity (Wildman–Crippen MR) is 60.9 cm³/mol. The van der Waals surface area contributed by atoms with E-state index in [1.807, 2.05) is 20.8 Å². The third kappa shape index (κ3) is 6.76. The molecule has 0 aromatic heterocycles. The van der Waals surface area contributed by atoms with Gasteiger partial charge in [0, 0.05) is 20.6 Å². The Labute approximate surface area is 97.2 Å². The largest absolute Gasteiger partial charge is 0.460 e. The quantitative estimate of drug-likeness (QED) is 0.548. The van der Waals surface area contributed by atoms with E-state index in [2.05, 4.69) is 0 Å². The van der Waals surface area contributed by atoms with Crippen LogP contribution < -0.4 is 5.73 Å². The van der Waals surface area contributed by atoms with Crippen LogP contribution in [-0.2, 0) is 19.0 Å². The van der Waals surface area contributed by atoms with Gasteiger partial charge in [-0.1, -0.05) is 0 Å². The molecule has 5 nitrogen and oxygen atoms in total. The molecule has 0 spiro atoms. The first-order chi connectivity index (χ1) is 7.30. The van der Waals surface area contributed by atoms with Crippen molar-refractivity contribution >= 4 is 5.97 Å². The van der Waals surface area contributed by atoms with Gasteiger partial charge in [0.1, 0.15) is 5.60 Å². The monoisotopic (exact) mass is 233 g/mol. The van der Waals surface area contributed by atoms with Crippen LogP contribution in [0.3, 0.4) is 0 Å². The Morgan fingerprint density at radius 1 is 1.25 bits per heavy atom. The van der Waals surface area contributed by atoms with Crippen molar-refractivity contribution < 1.29 is 19.0 Å². The highest BCUT2D eigenvalue weighted by molar-refractivity contribution is 5.69. The van der Waals surface area contributed by atoms with Crippen LogP contribution in [0.5, 0.6) is 0 Å². The first-order valence-corrected chi connectivity index (χ1v) is 5.33. The van der Waals surface area contributed by atoms with Crippen LogP contribution in [0.15, 0.2) is 0 Å². The molecule has 0 heterocycles. The summed E-state index contributed by atoms with van der Waals surface area (Å²) in [4.78, 5) is 11.4. The van der Waals surface area contributed by atoms with Crippen molar-refractivity contribution in [2.75, 3.05) is 14.2 Å². The Hall–Kier alpha value is -0.650. The fraction of sp³-hybridized carbons (Fsp3) is 0.909. The minimum absolute atomic E-state index is 0.256. The summed E-state index contributed by atoms with van der Waals surface area (Å²) < 4.78 is 15.1. The van der Waals surface area contributed by atoms with Gasteiger partial charge in [-0.25, -0.2) is 0 Å². The molecule has 0 rings (SSSR count). The summed E-state index contributed by atoms with van der Waals surface area (Å²) in [5, 5.41) is 0. The molecule has 0 aliphatic carbocycles. The Morgan fingerprint density at radius 3 is 2.12 bits per heavy atom. The van der Waals surface area contributed by atoms with E-state index in [9.17, 15) is 4.79 Å². The molecule has 0 unspecified atom stereocenters. The smallest absolute Gasteiger partial charge is 0.306 e. The molecule has 0 aliphatic heterocycles. The molecule has 0 amide bonds. The number of nitrogens with two attached hydrogens (primary N) is 1. The van der Waals surface area contributed by atoms with E-state index in [0.29, 0.717) is 6.42 Å². The second-order valence-corrected chi connectivity index (χ2v) is 4.63. The van der Waals surface area contributed by atoms with E-state index < -0.39 is 11.9 Å². The van der Waals surface area contributed by atoms with Gasteiger partial charge in [0.25, 0.3) is 0 Å². The lowest BCUT2D eigenvalue weighted by Crippen LogP contribution is -2.38. The van der Waals surface area contributed by atoms with Gasteiger partial charge < -0.3 is 19.9 Å². The second kappa shape index (κ2) is 6.83. The van der Waals surface area contributed by atoms with Crippen molar-refractivity contribution in [3.05, 3.63) is 0 Å². The van der Waals surface area contributed by atoms with Crippen LogP contribution in [0.4, 0.5) is 0 Å². The average molecular weight is 233 g/mol. The maximum atomic E-state index is 11.4. The summed E-state index contributed by atoms with van der Waals surface area (Å²) in [6.45, 7) is 5.49. The highest BCUT2D eigenvalue weighted by Crippen LogP contribution is 2.11. The van der Waals surface area contributed by atoms with Crippen LogP contribution in [0.2, 0.25) is 0 Å². The third-order valence-corrected chi connectivity index (χ3v) is 1.92. The van der Waals surface area contributed by atoms with Crippen LogP contribution in [0, 0.1) is 0 Å². The van der Waals surface area contributed by atoms with Crippen molar-refractivity contribution in [1.82, 2.24) is 0 Å². The van der Waals surface area contributed by atoms with Crippen molar-refractivity contribution in [2.24, 2.45) is 5.73 Å². The molecule has 2 N–H and O–H groups in total. The topological polar surface area (TPSA) is 70.8 Å². The predicted octanol–water partition coefficient (Wildman–Crippen LogP) is 1.05. The van der Waals surface area contributed by atoms with Crippen molar-refractivity contribution in [3.8, 4) is 0 Å². The number of carbonyl (C=O) groups excluding carboxylic acids is 1. The zero-order chi connectivity index (χ0) is 12.8. The third-order valence-electron chi connectivity index (χ3n) is 1.92. The lowest BCUT2D eigenvalue weighted by atomic mass is 10.1. The summed E-state index contributed by atoms with van der Waals surface area (Å²) in [6.07, 6.45) is 0.255. The molecule has 0 aromatic carbocycles. The van der Waals surface area contributed by atoms with Gasteiger partial charge in [-0.2, -0.15) is 0 Å². The van der Waals surface area contributed by atoms with E-state index in [-0.39, 0.29) is 18.4 Å².